The molecule has 0 bridgehead atoms. The highest BCUT2D eigenvalue weighted by molar-refractivity contribution is 6.35. The number of hydrogen-bond acceptors (Lipinski definition) is 4. The standard InChI is InChI=1S/C20H21Cl2N3O3/c1-28-18-7-3-2-5-16(18)24-19(26)12-25-8-4-6-17(25)20(27)23-15-10-13(21)9-14(22)11-15/h2-3,5,7,9-11,17H,4,6,8,12H2,1H3,(H,23,27)(H,24,26)/t17-/m0/s1. The van der Waals surface area contributed by atoms with Gasteiger partial charge in [0.05, 0.1) is 25.4 Å². The molecule has 2 amide bonds. The predicted molar refractivity (Wildman–Crippen MR) is 111 cm³/mol. The molecule has 1 fully saturated rings. The van der Waals surface area contributed by atoms with Gasteiger partial charge in [0.1, 0.15) is 5.75 Å². The van der Waals surface area contributed by atoms with E-state index in [-0.39, 0.29) is 24.4 Å². The number of ether oxygens (including phenoxy) is 1. The van der Waals surface area contributed by atoms with E-state index in [2.05, 4.69) is 10.6 Å². The average Bonchev–Trinajstić information content (AvgIpc) is 3.09. The number of benzene rings is 2. The summed E-state index contributed by atoms with van der Waals surface area (Å²) in [7, 11) is 1.55. The first-order valence-corrected chi connectivity index (χ1v) is 9.66. The van der Waals surface area contributed by atoms with Crippen LogP contribution < -0.4 is 15.4 Å². The summed E-state index contributed by atoms with van der Waals surface area (Å²) in [5, 5.41) is 6.57. The third-order valence-corrected chi connectivity index (χ3v) is 4.96. The summed E-state index contributed by atoms with van der Waals surface area (Å²) in [6.07, 6.45) is 1.53. The fraction of sp³-hybridized carbons (Fsp3) is 0.300. The van der Waals surface area contributed by atoms with Crippen LogP contribution in [0.1, 0.15) is 12.8 Å². The SMILES string of the molecule is COc1ccccc1NC(=O)CN1CCC[C@H]1C(=O)Nc1cc(Cl)cc(Cl)c1. The van der Waals surface area contributed by atoms with E-state index < -0.39 is 0 Å². The summed E-state index contributed by atoms with van der Waals surface area (Å²) in [5.74, 6) is 0.209. The molecule has 2 aromatic rings. The van der Waals surface area contributed by atoms with Gasteiger partial charge in [-0.25, -0.2) is 0 Å². The van der Waals surface area contributed by atoms with Crippen molar-refractivity contribution in [3.8, 4) is 5.75 Å². The first kappa shape index (κ1) is 20.5. The number of nitrogens with zero attached hydrogens (tertiary/aromatic N) is 1. The van der Waals surface area contributed by atoms with Gasteiger partial charge in [0.15, 0.2) is 0 Å². The highest BCUT2D eigenvalue weighted by Crippen LogP contribution is 2.25. The number of methoxy groups -OCH3 is 1. The Balaban J connectivity index is 1.62. The first-order valence-electron chi connectivity index (χ1n) is 8.90. The van der Waals surface area contributed by atoms with Crippen LogP contribution in [0.3, 0.4) is 0 Å². The molecule has 0 spiro atoms. The molecule has 148 valence electrons. The Morgan fingerprint density at radius 2 is 1.86 bits per heavy atom. The van der Waals surface area contributed by atoms with Crippen molar-refractivity contribution in [2.24, 2.45) is 0 Å². The molecule has 3 rings (SSSR count). The molecule has 2 N–H and O–H groups in total. The molecule has 1 aliphatic rings. The lowest BCUT2D eigenvalue weighted by Crippen LogP contribution is -2.43. The number of nitrogens with one attached hydrogen (secondary N) is 2. The van der Waals surface area contributed by atoms with Crippen molar-refractivity contribution in [2.45, 2.75) is 18.9 Å². The lowest BCUT2D eigenvalue weighted by atomic mass is 10.2. The Morgan fingerprint density at radius 3 is 2.57 bits per heavy atom. The molecule has 0 aromatic heterocycles. The molecule has 1 atom stereocenters. The molecule has 8 heteroatoms. The summed E-state index contributed by atoms with van der Waals surface area (Å²) >= 11 is 12.0. The number of halogens is 2. The summed E-state index contributed by atoms with van der Waals surface area (Å²) < 4.78 is 5.25. The number of likely N-dealkylation sites (tertiary alicyclic amines) is 1. The maximum absolute atomic E-state index is 12.7. The van der Waals surface area contributed by atoms with E-state index in [1.54, 1.807) is 37.4 Å². The van der Waals surface area contributed by atoms with Gasteiger partial charge in [0.2, 0.25) is 11.8 Å². The van der Waals surface area contributed by atoms with Crippen molar-refractivity contribution in [1.29, 1.82) is 0 Å². The highest BCUT2D eigenvalue weighted by Gasteiger charge is 2.32. The van der Waals surface area contributed by atoms with E-state index in [1.807, 2.05) is 17.0 Å². The number of carbonyl (C=O) groups is 2. The van der Waals surface area contributed by atoms with Crippen LogP contribution in [-0.4, -0.2) is 43.0 Å². The second-order valence-electron chi connectivity index (χ2n) is 6.52. The number of amides is 2. The maximum Gasteiger partial charge on any atom is 0.241 e. The summed E-state index contributed by atoms with van der Waals surface area (Å²) in [4.78, 5) is 27.0. The van der Waals surface area contributed by atoms with Crippen molar-refractivity contribution < 1.29 is 14.3 Å². The Bertz CT molecular complexity index is 855. The number of anilines is 2. The van der Waals surface area contributed by atoms with Gasteiger partial charge in [-0.3, -0.25) is 14.5 Å². The fourth-order valence-corrected chi connectivity index (χ4v) is 3.81. The molecule has 2 aromatic carbocycles. The van der Waals surface area contributed by atoms with Crippen molar-refractivity contribution in [3.05, 3.63) is 52.5 Å². The largest absolute Gasteiger partial charge is 0.495 e. The van der Waals surface area contributed by atoms with Crippen molar-refractivity contribution in [1.82, 2.24) is 4.90 Å². The molecule has 0 aliphatic carbocycles. The van der Waals surface area contributed by atoms with Gasteiger partial charge < -0.3 is 15.4 Å². The Labute approximate surface area is 173 Å². The molecule has 1 heterocycles. The number of carbonyl (C=O) groups excluding carboxylic acids is 2. The van der Waals surface area contributed by atoms with Crippen LogP contribution in [0.2, 0.25) is 10.0 Å². The minimum atomic E-state index is -0.388. The van der Waals surface area contributed by atoms with E-state index in [1.165, 1.54) is 0 Å². The van der Waals surface area contributed by atoms with Gasteiger partial charge >= 0.3 is 0 Å². The smallest absolute Gasteiger partial charge is 0.241 e. The molecular weight excluding hydrogens is 401 g/mol. The van der Waals surface area contributed by atoms with E-state index in [0.29, 0.717) is 40.1 Å². The lowest BCUT2D eigenvalue weighted by Gasteiger charge is -2.23. The third kappa shape index (κ3) is 5.16. The van der Waals surface area contributed by atoms with Crippen molar-refractivity contribution in [2.75, 3.05) is 30.8 Å². The minimum absolute atomic E-state index is 0.117. The van der Waals surface area contributed by atoms with Crippen molar-refractivity contribution in [3.63, 3.8) is 0 Å². The predicted octanol–water partition coefficient (Wildman–Crippen LogP) is 4.04. The van der Waals surface area contributed by atoms with Gasteiger partial charge in [-0.15, -0.1) is 0 Å². The minimum Gasteiger partial charge on any atom is -0.495 e. The summed E-state index contributed by atoms with van der Waals surface area (Å²) in [6, 6.07) is 11.7. The molecule has 0 unspecified atom stereocenters. The van der Waals surface area contributed by atoms with Gasteiger partial charge in [0, 0.05) is 15.7 Å². The number of hydrogen-bond donors (Lipinski definition) is 2. The van der Waals surface area contributed by atoms with Gasteiger partial charge in [-0.1, -0.05) is 35.3 Å². The molecule has 1 saturated heterocycles. The monoisotopic (exact) mass is 421 g/mol. The van der Waals surface area contributed by atoms with Crippen LogP contribution in [0.4, 0.5) is 11.4 Å². The lowest BCUT2D eigenvalue weighted by molar-refractivity contribution is -0.122. The summed E-state index contributed by atoms with van der Waals surface area (Å²) in [6.45, 7) is 0.792. The number of para-hydroxylation sites is 2. The Hall–Kier alpha value is -2.28. The third-order valence-electron chi connectivity index (χ3n) is 4.52. The van der Waals surface area contributed by atoms with E-state index in [9.17, 15) is 9.59 Å². The zero-order valence-electron chi connectivity index (χ0n) is 15.4. The van der Waals surface area contributed by atoms with Gasteiger partial charge in [-0.2, -0.15) is 0 Å². The molecule has 0 radical (unpaired) electrons. The fourth-order valence-electron chi connectivity index (χ4n) is 3.29. The first-order chi connectivity index (χ1) is 13.5. The second-order valence-corrected chi connectivity index (χ2v) is 7.40. The topological polar surface area (TPSA) is 70.7 Å². The van der Waals surface area contributed by atoms with E-state index >= 15 is 0 Å². The molecule has 1 aliphatic heterocycles. The van der Waals surface area contributed by atoms with Crippen LogP contribution in [0.5, 0.6) is 5.75 Å². The zero-order chi connectivity index (χ0) is 20.1. The zero-order valence-corrected chi connectivity index (χ0v) is 16.9. The van der Waals surface area contributed by atoms with Crippen LogP contribution in [-0.2, 0) is 9.59 Å². The Morgan fingerprint density at radius 1 is 1.14 bits per heavy atom. The van der Waals surface area contributed by atoms with Crippen LogP contribution in [0, 0.1) is 0 Å². The second kappa shape index (κ2) is 9.28. The molecular formula is C20H21Cl2N3O3. The van der Waals surface area contributed by atoms with Crippen molar-refractivity contribution >= 4 is 46.4 Å². The normalized spacial score (nSPS) is 16.6. The van der Waals surface area contributed by atoms with Crippen LogP contribution in [0.15, 0.2) is 42.5 Å². The van der Waals surface area contributed by atoms with E-state index in [4.69, 9.17) is 27.9 Å². The van der Waals surface area contributed by atoms with Crippen LogP contribution >= 0.6 is 23.2 Å². The molecule has 6 nitrogen and oxygen atoms in total. The average molecular weight is 422 g/mol. The van der Waals surface area contributed by atoms with E-state index in [0.717, 1.165) is 6.42 Å². The molecule has 28 heavy (non-hydrogen) atoms. The summed E-state index contributed by atoms with van der Waals surface area (Å²) in [5.41, 5.74) is 1.14. The maximum atomic E-state index is 12.7. The molecule has 0 saturated carbocycles. The van der Waals surface area contributed by atoms with Gasteiger partial charge in [0.25, 0.3) is 0 Å². The van der Waals surface area contributed by atoms with Gasteiger partial charge in [-0.05, 0) is 49.7 Å². The highest BCUT2D eigenvalue weighted by atomic mass is 35.5. The Kier molecular flexibility index (Phi) is 6.78. The van der Waals surface area contributed by atoms with Crippen LogP contribution in [0.25, 0.3) is 0 Å². The quantitative estimate of drug-likeness (QED) is 0.737. The number of rotatable bonds is 6.